The van der Waals surface area contributed by atoms with Gasteiger partial charge in [-0.1, -0.05) is 46.4 Å². The van der Waals surface area contributed by atoms with Crippen molar-refractivity contribution in [2.24, 2.45) is 0 Å². The van der Waals surface area contributed by atoms with Crippen molar-refractivity contribution >= 4 is 53.3 Å². The molecule has 0 unspecified atom stereocenters. The van der Waals surface area contributed by atoms with Gasteiger partial charge in [0, 0.05) is 23.1 Å². The highest BCUT2D eigenvalue weighted by molar-refractivity contribution is 14.2. The van der Waals surface area contributed by atoms with E-state index in [1.165, 1.54) is 29.7 Å². The average molecular weight is 628 g/mol. The SMILES string of the molecule is C=IC(F)(F)c1cc(F)cc([C@](Cc2ccccc2)(Nc2nc(C)c(C)s2)c2ccc(Cl)cn2)c1. The predicted octanol–water partition coefficient (Wildman–Crippen LogP) is 8.00. The standard InChI is InChI=1S/C26H22ClF3IN3S/c1-16-17(2)35-24(33-16)34-25(14-18-7-5-4-6-8-18,23-10-9-21(27)15-32-23)19-11-20(13-22(28)12-19)26(29,30)31-3/h4-13,15H,3,14H2,1-2H3,(H,33,34)/t25-/m0/s1. The normalized spacial score (nSPS) is 13.4. The van der Waals surface area contributed by atoms with E-state index in [0.717, 1.165) is 22.2 Å². The van der Waals surface area contributed by atoms with Crippen LogP contribution in [-0.2, 0) is 15.9 Å². The van der Waals surface area contributed by atoms with Gasteiger partial charge in [0.15, 0.2) is 5.13 Å². The number of aryl methyl sites for hydroxylation is 2. The van der Waals surface area contributed by atoms with E-state index < -0.39 is 41.6 Å². The highest BCUT2D eigenvalue weighted by Gasteiger charge is 2.40. The second kappa shape index (κ2) is 10.4. The molecular weight excluding hydrogens is 606 g/mol. The van der Waals surface area contributed by atoms with E-state index in [4.69, 9.17) is 11.6 Å². The Bertz CT molecular complexity index is 1330. The summed E-state index contributed by atoms with van der Waals surface area (Å²) < 4.78 is 44.7. The average Bonchev–Trinajstić information content (AvgIpc) is 3.15. The van der Waals surface area contributed by atoms with E-state index in [9.17, 15) is 13.2 Å². The van der Waals surface area contributed by atoms with Crippen LogP contribution in [0.2, 0.25) is 5.02 Å². The minimum absolute atomic E-state index is 0.300. The maximum absolute atomic E-state index is 14.9. The number of alkyl halides is 3. The van der Waals surface area contributed by atoms with Crippen molar-refractivity contribution in [1.82, 2.24) is 9.97 Å². The number of anilines is 1. The Morgan fingerprint density at radius 3 is 2.37 bits per heavy atom. The summed E-state index contributed by atoms with van der Waals surface area (Å²) >= 11 is 5.81. The van der Waals surface area contributed by atoms with Gasteiger partial charge in [-0.05, 0) is 76.0 Å². The van der Waals surface area contributed by atoms with E-state index in [1.54, 1.807) is 12.1 Å². The van der Waals surface area contributed by atoms with Gasteiger partial charge in [-0.25, -0.2) is 9.37 Å². The molecule has 2 heterocycles. The van der Waals surface area contributed by atoms with Gasteiger partial charge >= 0.3 is 3.93 Å². The molecular formula is C26H22ClF3IN3S. The molecule has 35 heavy (non-hydrogen) atoms. The van der Waals surface area contributed by atoms with Crippen LogP contribution >= 0.6 is 43.7 Å². The van der Waals surface area contributed by atoms with Crippen LogP contribution < -0.4 is 5.32 Å². The second-order valence-corrected chi connectivity index (χ2v) is 11.8. The van der Waals surface area contributed by atoms with Gasteiger partial charge in [0.05, 0.1) is 16.4 Å². The molecule has 4 rings (SSSR count). The molecule has 0 spiro atoms. The van der Waals surface area contributed by atoms with Gasteiger partial charge < -0.3 is 5.32 Å². The topological polar surface area (TPSA) is 37.8 Å². The molecule has 0 fully saturated rings. The van der Waals surface area contributed by atoms with Gasteiger partial charge in [0.2, 0.25) is 0 Å². The molecule has 3 nitrogen and oxygen atoms in total. The van der Waals surface area contributed by atoms with Crippen LogP contribution in [-0.4, -0.2) is 14.5 Å². The number of hydrogen-bond donors (Lipinski definition) is 1. The number of nitrogens with one attached hydrogen (secondary N) is 1. The fourth-order valence-electron chi connectivity index (χ4n) is 3.84. The molecule has 4 aromatic rings. The highest BCUT2D eigenvalue weighted by Crippen LogP contribution is 2.43. The van der Waals surface area contributed by atoms with Crippen molar-refractivity contribution in [3.63, 3.8) is 0 Å². The zero-order valence-corrected chi connectivity index (χ0v) is 22.7. The molecule has 9 heteroatoms. The van der Waals surface area contributed by atoms with Crippen LogP contribution in [0.1, 0.15) is 33.0 Å². The molecule has 0 aliphatic heterocycles. The van der Waals surface area contributed by atoms with Crippen LogP contribution in [0.3, 0.4) is 0 Å². The molecule has 0 bridgehead atoms. The van der Waals surface area contributed by atoms with Crippen LogP contribution in [0.4, 0.5) is 18.3 Å². The fourth-order valence-corrected chi connectivity index (χ4v) is 5.59. The van der Waals surface area contributed by atoms with E-state index in [0.29, 0.717) is 27.8 Å². The van der Waals surface area contributed by atoms with Crippen LogP contribution in [0, 0.1) is 19.7 Å². The first-order chi connectivity index (χ1) is 16.6. The van der Waals surface area contributed by atoms with Crippen molar-refractivity contribution < 1.29 is 13.2 Å². The van der Waals surface area contributed by atoms with E-state index in [-0.39, 0.29) is 0 Å². The number of hydrogen-bond acceptors (Lipinski definition) is 4. The monoisotopic (exact) mass is 627 g/mol. The number of halogens is 5. The Morgan fingerprint density at radius 2 is 1.77 bits per heavy atom. The van der Waals surface area contributed by atoms with Gasteiger partial charge in [-0.15, -0.1) is 11.3 Å². The minimum Gasteiger partial charge on any atom is -0.346 e. The molecule has 182 valence electrons. The van der Waals surface area contributed by atoms with Crippen LogP contribution in [0.5, 0.6) is 0 Å². The molecule has 1 atom stereocenters. The van der Waals surface area contributed by atoms with Crippen molar-refractivity contribution in [3.05, 3.63) is 111 Å². The third kappa shape index (κ3) is 5.59. The zero-order chi connectivity index (χ0) is 25.2. The summed E-state index contributed by atoms with van der Waals surface area (Å²) in [5.41, 5.74) is 0.964. The van der Waals surface area contributed by atoms with Crippen molar-refractivity contribution in [2.45, 2.75) is 29.7 Å². The summed E-state index contributed by atoms with van der Waals surface area (Å²) in [5, 5.41) is 4.47. The number of thiazole rings is 1. The summed E-state index contributed by atoms with van der Waals surface area (Å²) in [6.07, 6.45) is 1.79. The molecule has 0 saturated heterocycles. The van der Waals surface area contributed by atoms with Gasteiger partial charge in [-0.2, -0.15) is 8.78 Å². The molecule has 0 radical (unpaired) electrons. The van der Waals surface area contributed by atoms with Crippen molar-refractivity contribution in [2.75, 3.05) is 5.32 Å². The molecule has 0 saturated carbocycles. The van der Waals surface area contributed by atoms with Crippen molar-refractivity contribution in [3.8, 4) is 0 Å². The maximum atomic E-state index is 14.9. The number of nitrogens with zero attached hydrogens (tertiary/aromatic N) is 2. The maximum Gasteiger partial charge on any atom is 0.316 e. The molecule has 0 amide bonds. The van der Waals surface area contributed by atoms with Gasteiger partial charge in [0.1, 0.15) is 11.4 Å². The largest absolute Gasteiger partial charge is 0.346 e. The molecule has 1 N–H and O–H groups in total. The first kappa shape index (κ1) is 25.8. The van der Waals surface area contributed by atoms with E-state index in [2.05, 4.69) is 19.8 Å². The third-order valence-corrected chi connectivity index (χ3v) is 8.50. The summed E-state index contributed by atoms with van der Waals surface area (Å²) in [6, 6.07) is 16.5. The summed E-state index contributed by atoms with van der Waals surface area (Å²) in [7, 11) is 0. The second-order valence-electron chi connectivity index (χ2n) is 8.07. The lowest BCUT2D eigenvalue weighted by molar-refractivity contribution is 0.127. The number of aromatic nitrogens is 2. The summed E-state index contributed by atoms with van der Waals surface area (Å²) in [4.78, 5) is 10.2. The van der Waals surface area contributed by atoms with Crippen LogP contribution in [0.15, 0.2) is 66.9 Å². The lowest BCUT2D eigenvalue weighted by atomic mass is 9.80. The lowest BCUT2D eigenvalue weighted by Gasteiger charge is -2.36. The Morgan fingerprint density at radius 1 is 1.06 bits per heavy atom. The van der Waals surface area contributed by atoms with Gasteiger partial charge in [0.25, 0.3) is 0 Å². The predicted molar refractivity (Wildman–Crippen MR) is 147 cm³/mol. The Labute approximate surface area is 221 Å². The third-order valence-electron chi connectivity index (χ3n) is 5.71. The molecule has 0 aliphatic carbocycles. The minimum atomic E-state index is -3.18. The fraction of sp³-hybridized carbons (Fsp3) is 0.192. The molecule has 2 aromatic carbocycles. The zero-order valence-electron chi connectivity index (χ0n) is 19.0. The van der Waals surface area contributed by atoms with Crippen LogP contribution in [0.25, 0.3) is 0 Å². The smallest absolute Gasteiger partial charge is 0.316 e. The summed E-state index contributed by atoms with van der Waals surface area (Å²) in [6.45, 7) is 3.85. The Hall–Kier alpha value is -2.30. The quantitative estimate of drug-likeness (QED) is 0.159. The highest BCUT2D eigenvalue weighted by atomic mass is 127. The van der Waals surface area contributed by atoms with E-state index in [1.807, 2.05) is 44.2 Å². The Balaban J connectivity index is 2.02. The first-order valence-electron chi connectivity index (χ1n) is 10.6. The number of rotatable bonds is 8. The Kier molecular flexibility index (Phi) is 7.63. The summed E-state index contributed by atoms with van der Waals surface area (Å²) in [5.74, 6) is -0.755. The van der Waals surface area contributed by atoms with Crippen molar-refractivity contribution in [1.29, 1.82) is 0 Å². The molecule has 0 aliphatic rings. The number of benzene rings is 2. The first-order valence-corrected chi connectivity index (χ1v) is 14.4. The number of pyridine rings is 1. The van der Waals surface area contributed by atoms with E-state index >= 15 is 0 Å². The molecule has 2 aromatic heterocycles. The van der Waals surface area contributed by atoms with Gasteiger partial charge in [-0.3, -0.25) is 4.98 Å². The lowest BCUT2D eigenvalue weighted by Crippen LogP contribution is -2.40.